The summed E-state index contributed by atoms with van der Waals surface area (Å²) in [5.74, 6) is -0.758. The third-order valence-electron chi connectivity index (χ3n) is 10.4. The highest BCUT2D eigenvalue weighted by Crippen LogP contribution is 2.35. The van der Waals surface area contributed by atoms with Crippen molar-refractivity contribution in [1.82, 2.24) is 0 Å². The van der Waals surface area contributed by atoms with E-state index in [0.717, 1.165) is 9.79 Å². The number of hydrogen-bond acceptors (Lipinski definition) is 12. The van der Waals surface area contributed by atoms with E-state index in [-0.39, 0.29) is 46.8 Å². The Morgan fingerprint density at radius 2 is 0.795 bits per heavy atom. The van der Waals surface area contributed by atoms with E-state index >= 15 is 0 Å². The Morgan fingerprint density at radius 1 is 0.479 bits per heavy atom. The van der Waals surface area contributed by atoms with Crippen LogP contribution in [0.15, 0.2) is 223 Å². The van der Waals surface area contributed by atoms with E-state index in [1.807, 2.05) is 121 Å². The first kappa shape index (κ1) is 55.6. The van der Waals surface area contributed by atoms with Gasteiger partial charge in [0, 0.05) is 6.42 Å². The van der Waals surface area contributed by atoms with Gasteiger partial charge < -0.3 is 28.1 Å². The van der Waals surface area contributed by atoms with Crippen LogP contribution in [0.3, 0.4) is 0 Å². The molecule has 0 radical (unpaired) electrons. The number of halogens is 4. The van der Waals surface area contributed by atoms with Gasteiger partial charge in [0.1, 0.15) is 17.2 Å². The molecule has 0 heterocycles. The molecule has 0 saturated heterocycles. The number of hydrogen-bond donors (Lipinski definition) is 0. The van der Waals surface area contributed by atoms with Crippen molar-refractivity contribution >= 4 is 54.0 Å². The van der Waals surface area contributed by atoms with Crippen molar-refractivity contribution < 1.29 is 72.0 Å². The summed E-state index contributed by atoms with van der Waals surface area (Å²) in [4.78, 5) is 30.8. The Bertz CT molecular complexity index is 3030. The van der Waals surface area contributed by atoms with Gasteiger partial charge in [-0.15, -0.1) is 0 Å². The van der Waals surface area contributed by atoms with Crippen molar-refractivity contribution in [3.63, 3.8) is 0 Å². The second kappa shape index (κ2) is 24.8. The van der Waals surface area contributed by atoms with Crippen LogP contribution in [-0.4, -0.2) is 67.2 Å². The molecule has 0 spiro atoms. The van der Waals surface area contributed by atoms with Gasteiger partial charge in [-0.1, -0.05) is 72.8 Å². The highest BCUT2D eigenvalue weighted by molar-refractivity contribution is 7.97. The fourth-order valence-electron chi connectivity index (χ4n) is 6.59. The summed E-state index contributed by atoms with van der Waals surface area (Å²) in [7, 11) is -12.5. The molecule has 7 rings (SSSR count). The average Bonchev–Trinajstić information content (AvgIpc) is 3.37. The molecule has 0 N–H and O–H groups in total. The molecule has 12 nitrogen and oxygen atoms in total. The molecule has 0 saturated carbocycles. The summed E-state index contributed by atoms with van der Waals surface area (Å²) in [6.45, 7) is 1.40. The molecule has 7 aromatic rings. The standard InChI is InChI=1S/C28H22F2O6S2.C25H24F2O6S2/c1-20(28(29,30)38(32,33)34)35-27(31)21-12-14-22(15-13-21)36-23-16-18-26(19-17-23)37(24-8-4-2-5-9-24)25-10-6-3-7-11-25;1-19(25(26,27)35(29,30)31)33-24(28)13-8-18-32-20-14-16-23(17-15-20)34(21-9-4-2-5-10-21)22-11-6-3-7-12-22/h2-20H,1H3;2-7,9-12,14-17,19H,8,13,18H2,1H3. The number of ether oxygens (including phenoxy) is 4. The van der Waals surface area contributed by atoms with Crippen molar-refractivity contribution in [3.05, 3.63) is 200 Å². The lowest BCUT2D eigenvalue weighted by atomic mass is 10.2. The molecular weight excluding hydrogens is 1030 g/mol. The predicted molar refractivity (Wildman–Crippen MR) is 264 cm³/mol. The summed E-state index contributed by atoms with van der Waals surface area (Å²) in [6, 6.07) is 61.3. The Kier molecular flexibility index (Phi) is 18.9. The Hall–Kier alpha value is -6.68. The predicted octanol–water partition coefficient (Wildman–Crippen LogP) is 11.3. The van der Waals surface area contributed by atoms with Gasteiger partial charge in [0.15, 0.2) is 61.8 Å². The smallest absolute Gasteiger partial charge is 0.370 e. The van der Waals surface area contributed by atoms with E-state index in [0.29, 0.717) is 31.1 Å². The first-order valence-electron chi connectivity index (χ1n) is 22.0. The highest BCUT2D eigenvalue weighted by atomic mass is 32.2. The van der Waals surface area contributed by atoms with E-state index in [4.69, 9.17) is 9.47 Å². The largest absolute Gasteiger partial charge is 0.743 e. The molecule has 73 heavy (non-hydrogen) atoms. The fourth-order valence-corrected chi connectivity index (χ4v) is 11.7. The zero-order valence-electron chi connectivity index (χ0n) is 38.8. The molecule has 7 aromatic carbocycles. The molecule has 2 unspecified atom stereocenters. The topological polar surface area (TPSA) is 185 Å². The lowest BCUT2D eigenvalue weighted by Gasteiger charge is -2.25. The normalized spacial score (nSPS) is 12.7. The Balaban J connectivity index is 0.000000239. The monoisotopic (exact) mass is 1080 g/mol. The maximum atomic E-state index is 13.6. The number of rotatable bonds is 20. The summed E-state index contributed by atoms with van der Waals surface area (Å²) in [5.41, 5.74) is -0.117. The van der Waals surface area contributed by atoms with Gasteiger partial charge in [0.2, 0.25) is 0 Å². The van der Waals surface area contributed by atoms with Crippen molar-refractivity contribution in [2.75, 3.05) is 6.61 Å². The van der Waals surface area contributed by atoms with Crippen LogP contribution in [0, 0.1) is 0 Å². The van der Waals surface area contributed by atoms with Crippen LogP contribution in [0.2, 0.25) is 0 Å². The van der Waals surface area contributed by atoms with Crippen LogP contribution in [0.25, 0.3) is 0 Å². The molecule has 0 aromatic heterocycles. The molecule has 382 valence electrons. The minimum atomic E-state index is -5.99. The zero-order valence-corrected chi connectivity index (χ0v) is 42.1. The van der Waals surface area contributed by atoms with E-state index in [2.05, 4.69) is 58.0 Å². The number of alkyl halides is 4. The molecule has 0 aliphatic rings. The van der Waals surface area contributed by atoms with Crippen molar-refractivity contribution in [2.45, 2.75) is 78.8 Å². The molecule has 0 aliphatic carbocycles. The molecule has 2 atom stereocenters. The van der Waals surface area contributed by atoms with Gasteiger partial charge in [0.25, 0.3) is 0 Å². The molecule has 0 aliphatic heterocycles. The van der Waals surface area contributed by atoms with Gasteiger partial charge in [-0.05, 0) is 142 Å². The maximum absolute atomic E-state index is 13.6. The summed E-state index contributed by atoms with van der Waals surface area (Å²) < 4.78 is 138. The summed E-state index contributed by atoms with van der Waals surface area (Å²) in [5, 5.41) is -9.45. The second-order valence-electron chi connectivity index (χ2n) is 15.6. The van der Waals surface area contributed by atoms with Crippen LogP contribution in [0.4, 0.5) is 17.6 Å². The third kappa shape index (κ3) is 15.0. The molecule has 20 heteroatoms. The quantitative estimate of drug-likeness (QED) is 0.0232. The van der Waals surface area contributed by atoms with Crippen molar-refractivity contribution in [3.8, 4) is 17.2 Å². The Labute approximate surface area is 426 Å². The summed E-state index contributed by atoms with van der Waals surface area (Å²) in [6.07, 6.45) is -4.96. The number of benzene rings is 7. The van der Waals surface area contributed by atoms with E-state index in [9.17, 15) is 53.1 Å². The third-order valence-corrected chi connectivity index (χ3v) is 16.8. The first-order valence-corrected chi connectivity index (χ1v) is 27.3. The highest BCUT2D eigenvalue weighted by Gasteiger charge is 2.47. The zero-order chi connectivity index (χ0) is 52.8. The number of carbonyl (C=O) groups is 2. The molecular formula is C53H46F4O12S4. The van der Waals surface area contributed by atoms with E-state index < -0.39 is 54.9 Å². The van der Waals surface area contributed by atoms with Crippen LogP contribution < -0.4 is 9.47 Å². The fraction of sp³-hybridized carbons (Fsp3) is 0.170. The number of esters is 2. The molecule has 0 fully saturated rings. The molecule has 0 amide bonds. The van der Waals surface area contributed by atoms with Crippen LogP contribution in [0.5, 0.6) is 17.2 Å². The van der Waals surface area contributed by atoms with E-state index in [1.165, 1.54) is 43.8 Å². The van der Waals surface area contributed by atoms with Crippen LogP contribution in [-0.2, 0) is 56.3 Å². The molecule has 0 bridgehead atoms. The first-order chi connectivity index (χ1) is 34.7. The maximum Gasteiger partial charge on any atom is 0.370 e. The van der Waals surface area contributed by atoms with Gasteiger partial charge in [-0.3, -0.25) is 4.79 Å². The van der Waals surface area contributed by atoms with E-state index in [1.54, 1.807) is 0 Å². The minimum Gasteiger partial charge on any atom is -0.743 e. The number of carbonyl (C=O) groups excluding carboxylic acids is 2. The SMILES string of the molecule is CC(OC(=O)CCCOc1ccc([S+](c2ccccc2)c2ccccc2)cc1)C(F)(F)S(=O)(=O)[O-].CC(OC(=O)c1ccc(Oc2ccc([S+](c3ccccc3)c3ccccc3)cc2)cc1)C(F)(F)S(=O)(=O)[O-]. The van der Waals surface area contributed by atoms with Gasteiger partial charge >= 0.3 is 22.4 Å². The van der Waals surface area contributed by atoms with Gasteiger partial charge in [-0.25, -0.2) is 21.6 Å². The summed E-state index contributed by atoms with van der Waals surface area (Å²) >= 11 is 0. The second-order valence-corrected chi connectivity index (χ2v) is 22.6. The average molecular weight is 1080 g/mol. The van der Waals surface area contributed by atoms with Crippen molar-refractivity contribution in [2.24, 2.45) is 0 Å². The Morgan fingerprint density at radius 3 is 1.15 bits per heavy atom. The van der Waals surface area contributed by atoms with Crippen LogP contribution in [0.1, 0.15) is 37.0 Å². The minimum absolute atomic E-state index is 0.113. The lowest BCUT2D eigenvalue weighted by Crippen LogP contribution is -2.42. The van der Waals surface area contributed by atoms with Crippen LogP contribution >= 0.6 is 0 Å². The van der Waals surface area contributed by atoms with Gasteiger partial charge in [0.05, 0.1) is 34.0 Å². The van der Waals surface area contributed by atoms with Gasteiger partial charge in [-0.2, -0.15) is 17.6 Å². The lowest BCUT2D eigenvalue weighted by molar-refractivity contribution is -0.159. The van der Waals surface area contributed by atoms with Crippen molar-refractivity contribution in [1.29, 1.82) is 0 Å².